The van der Waals surface area contributed by atoms with Crippen molar-refractivity contribution in [2.24, 2.45) is 35.5 Å². The van der Waals surface area contributed by atoms with E-state index < -0.39 is 6.04 Å². The van der Waals surface area contributed by atoms with Crippen LogP contribution in [0.5, 0.6) is 0 Å². The maximum atomic E-state index is 13.7. The van der Waals surface area contributed by atoms with E-state index in [-0.39, 0.29) is 47.8 Å². The zero-order valence-corrected chi connectivity index (χ0v) is 19.0. The highest BCUT2D eigenvalue weighted by Gasteiger charge is 2.67. The van der Waals surface area contributed by atoms with E-state index in [1.807, 2.05) is 43.3 Å². The molecule has 1 saturated heterocycles. The molecule has 2 saturated carbocycles. The summed E-state index contributed by atoms with van der Waals surface area (Å²) in [5.41, 5.74) is 2.36. The van der Waals surface area contributed by atoms with Gasteiger partial charge in [-0.2, -0.15) is 0 Å². The van der Waals surface area contributed by atoms with Crippen LogP contribution in [0.15, 0.2) is 60.7 Å². The van der Waals surface area contributed by atoms with Crippen molar-refractivity contribution in [1.82, 2.24) is 4.90 Å². The molecule has 3 amide bonds. The first kappa shape index (κ1) is 20.7. The van der Waals surface area contributed by atoms with Crippen molar-refractivity contribution in [3.05, 3.63) is 76.8 Å². The fourth-order valence-corrected chi connectivity index (χ4v) is 6.50. The van der Waals surface area contributed by atoms with Crippen LogP contribution in [0.2, 0.25) is 5.02 Å². The third-order valence-corrected chi connectivity index (χ3v) is 8.43. The van der Waals surface area contributed by atoms with Gasteiger partial charge in [-0.3, -0.25) is 19.3 Å². The number of likely N-dealkylation sites (tertiary alicyclic amines) is 1. The first-order valence-corrected chi connectivity index (χ1v) is 12.0. The Labute approximate surface area is 197 Å². The normalized spacial score (nSPS) is 31.9. The molecule has 0 spiro atoms. The predicted molar refractivity (Wildman–Crippen MR) is 125 cm³/mol. The van der Waals surface area contributed by atoms with Crippen molar-refractivity contribution in [1.29, 1.82) is 0 Å². The highest BCUT2D eigenvalue weighted by Crippen LogP contribution is 2.65. The predicted octanol–water partition coefficient (Wildman–Crippen LogP) is 4.25. The number of anilines is 1. The molecule has 7 rings (SSSR count). The molecular formula is C27H25ClN2O3. The number of nitrogens with zero attached hydrogens (tertiary/aromatic N) is 1. The van der Waals surface area contributed by atoms with Gasteiger partial charge in [0.1, 0.15) is 6.04 Å². The van der Waals surface area contributed by atoms with Crippen molar-refractivity contribution in [2.75, 3.05) is 5.32 Å². The summed E-state index contributed by atoms with van der Waals surface area (Å²) in [7, 11) is 0. The van der Waals surface area contributed by atoms with E-state index in [0.29, 0.717) is 22.5 Å². The molecule has 6 heteroatoms. The van der Waals surface area contributed by atoms with E-state index in [1.165, 1.54) is 4.90 Å². The molecule has 1 aliphatic heterocycles. The van der Waals surface area contributed by atoms with E-state index in [2.05, 4.69) is 17.5 Å². The Bertz CT molecular complexity index is 1160. The van der Waals surface area contributed by atoms with Crippen LogP contribution in [-0.2, 0) is 20.8 Å². The van der Waals surface area contributed by atoms with E-state index in [1.54, 1.807) is 12.1 Å². The summed E-state index contributed by atoms with van der Waals surface area (Å²) in [6.07, 6.45) is 5.68. The monoisotopic (exact) mass is 460 g/mol. The summed E-state index contributed by atoms with van der Waals surface area (Å²) < 4.78 is 0. The second-order valence-electron chi connectivity index (χ2n) is 9.86. The molecule has 4 aliphatic carbocycles. The van der Waals surface area contributed by atoms with Crippen LogP contribution < -0.4 is 5.32 Å². The van der Waals surface area contributed by atoms with Gasteiger partial charge >= 0.3 is 0 Å². The summed E-state index contributed by atoms with van der Waals surface area (Å²) in [5.74, 6) is -0.0917. The quantitative estimate of drug-likeness (QED) is 0.535. The number of carbonyl (C=O) groups is 3. The minimum atomic E-state index is -0.909. The molecule has 2 bridgehead atoms. The molecule has 7 atom stereocenters. The number of aryl methyl sites for hydroxylation is 1. The van der Waals surface area contributed by atoms with Crippen molar-refractivity contribution in [3.63, 3.8) is 0 Å². The lowest BCUT2D eigenvalue weighted by Gasteiger charge is -2.37. The number of hydrogen-bond acceptors (Lipinski definition) is 3. The molecule has 5 nitrogen and oxygen atoms in total. The molecule has 0 radical (unpaired) electrons. The van der Waals surface area contributed by atoms with Gasteiger partial charge in [0.25, 0.3) is 0 Å². The second-order valence-corrected chi connectivity index (χ2v) is 10.3. The van der Waals surface area contributed by atoms with Crippen molar-refractivity contribution < 1.29 is 14.4 Å². The van der Waals surface area contributed by atoms with Gasteiger partial charge in [0.2, 0.25) is 17.7 Å². The molecule has 5 aliphatic rings. The van der Waals surface area contributed by atoms with Crippen molar-refractivity contribution in [2.45, 2.75) is 25.8 Å². The molecule has 0 unspecified atom stereocenters. The van der Waals surface area contributed by atoms with E-state index in [0.717, 1.165) is 17.5 Å². The molecule has 2 aromatic rings. The van der Waals surface area contributed by atoms with Crippen LogP contribution in [0.25, 0.3) is 0 Å². The zero-order valence-electron chi connectivity index (χ0n) is 18.3. The molecule has 3 fully saturated rings. The van der Waals surface area contributed by atoms with Gasteiger partial charge in [0.05, 0.1) is 11.8 Å². The molecule has 2 aromatic carbocycles. The van der Waals surface area contributed by atoms with Gasteiger partial charge in [0, 0.05) is 17.1 Å². The molecule has 1 heterocycles. The Balaban J connectivity index is 1.33. The maximum absolute atomic E-state index is 13.7. The van der Waals surface area contributed by atoms with E-state index in [4.69, 9.17) is 11.6 Å². The van der Waals surface area contributed by atoms with Crippen LogP contribution in [0, 0.1) is 42.4 Å². The Morgan fingerprint density at radius 3 is 2.27 bits per heavy atom. The van der Waals surface area contributed by atoms with Crippen molar-refractivity contribution in [3.8, 4) is 0 Å². The summed E-state index contributed by atoms with van der Waals surface area (Å²) in [6.45, 7) is 1.89. The van der Waals surface area contributed by atoms with Crippen LogP contribution >= 0.6 is 11.6 Å². The summed E-state index contributed by atoms with van der Waals surface area (Å²) in [4.78, 5) is 42.1. The number of halogens is 1. The Kier molecular flexibility index (Phi) is 4.73. The number of nitrogens with one attached hydrogen (secondary N) is 1. The average Bonchev–Trinajstić information content (AvgIpc) is 3.59. The first-order chi connectivity index (χ1) is 15.9. The van der Waals surface area contributed by atoms with Crippen LogP contribution in [-0.4, -0.2) is 28.7 Å². The standard InChI is InChI=1S/C27H25ClN2O3/c1-14-7-8-16(12-21(14)28)29-25(31)22(11-15-5-3-2-4-6-15)30-26(32)23-17-9-10-18(20-13-19(17)20)24(23)27(30)33/h2-10,12,17-20,22-24H,11,13H2,1H3,(H,29,31)/t17-,18-,19-,20-,22-,23-,24+/m0/s1. The Morgan fingerprint density at radius 1 is 1.03 bits per heavy atom. The zero-order chi connectivity index (χ0) is 22.9. The van der Waals surface area contributed by atoms with Gasteiger partial charge in [-0.25, -0.2) is 0 Å². The van der Waals surface area contributed by atoms with Crippen LogP contribution in [0.1, 0.15) is 17.5 Å². The van der Waals surface area contributed by atoms with Gasteiger partial charge in [0.15, 0.2) is 0 Å². The minimum Gasteiger partial charge on any atom is -0.324 e. The Morgan fingerprint density at radius 2 is 1.67 bits per heavy atom. The fraction of sp³-hybridized carbons (Fsp3) is 0.370. The number of imide groups is 1. The van der Waals surface area contributed by atoms with Crippen LogP contribution in [0.3, 0.4) is 0 Å². The summed E-state index contributed by atoms with van der Waals surface area (Å²) >= 11 is 6.24. The van der Waals surface area contributed by atoms with Gasteiger partial charge in [-0.1, -0.05) is 60.2 Å². The number of allylic oxidation sites excluding steroid dienone is 2. The molecule has 33 heavy (non-hydrogen) atoms. The number of benzene rings is 2. The third kappa shape index (κ3) is 3.24. The summed E-state index contributed by atoms with van der Waals surface area (Å²) in [6, 6.07) is 13.9. The summed E-state index contributed by atoms with van der Waals surface area (Å²) in [5, 5.41) is 3.45. The largest absolute Gasteiger partial charge is 0.324 e. The number of amides is 3. The Hall–Kier alpha value is -2.92. The minimum absolute atomic E-state index is 0.128. The SMILES string of the molecule is Cc1ccc(NC(=O)[C@H](Cc2ccccc2)N2C(=O)[C@@H]3[C@H]4C=C[C@@H]([C@@H]5C[C@@H]45)[C@@H]3C2=O)cc1Cl. The molecule has 0 aromatic heterocycles. The lowest BCUT2D eigenvalue weighted by Crippen LogP contribution is -2.49. The second kappa shape index (κ2) is 7.56. The van der Waals surface area contributed by atoms with E-state index >= 15 is 0 Å². The smallest absolute Gasteiger partial charge is 0.248 e. The first-order valence-electron chi connectivity index (χ1n) is 11.6. The van der Waals surface area contributed by atoms with E-state index in [9.17, 15) is 14.4 Å². The fourth-order valence-electron chi connectivity index (χ4n) is 6.32. The van der Waals surface area contributed by atoms with Crippen LogP contribution in [0.4, 0.5) is 5.69 Å². The maximum Gasteiger partial charge on any atom is 0.248 e. The number of hydrogen-bond donors (Lipinski definition) is 1. The highest BCUT2D eigenvalue weighted by atomic mass is 35.5. The van der Waals surface area contributed by atoms with Crippen molar-refractivity contribution >= 4 is 35.0 Å². The average molecular weight is 461 g/mol. The number of carbonyl (C=O) groups excluding carboxylic acids is 3. The lowest BCUT2D eigenvalue weighted by molar-refractivity contribution is -0.146. The highest BCUT2D eigenvalue weighted by molar-refractivity contribution is 6.31. The van der Waals surface area contributed by atoms with Gasteiger partial charge in [-0.15, -0.1) is 0 Å². The topological polar surface area (TPSA) is 66.5 Å². The molecule has 168 valence electrons. The van der Waals surface area contributed by atoms with Gasteiger partial charge < -0.3 is 5.32 Å². The third-order valence-electron chi connectivity index (χ3n) is 8.02. The molecule has 1 N–H and O–H groups in total. The molecular weight excluding hydrogens is 436 g/mol. The lowest BCUT2D eigenvalue weighted by atomic mass is 9.63. The van der Waals surface area contributed by atoms with Gasteiger partial charge in [-0.05, 0) is 60.3 Å². The number of rotatable bonds is 5.